The van der Waals surface area contributed by atoms with E-state index in [4.69, 9.17) is 11.6 Å². The molecule has 1 N–H and O–H groups in total. The Labute approximate surface area is 148 Å². The number of rotatable bonds is 5. The molecule has 1 fully saturated rings. The highest BCUT2D eigenvalue weighted by atomic mass is 35.5. The first-order valence-electron chi connectivity index (χ1n) is 8.22. The highest BCUT2D eigenvalue weighted by Gasteiger charge is 2.29. The maximum atomic E-state index is 12.4. The van der Waals surface area contributed by atoms with E-state index in [0.29, 0.717) is 16.8 Å². The number of nitrogens with zero attached hydrogens (tertiary/aromatic N) is 4. The first kappa shape index (κ1) is 18.7. The van der Waals surface area contributed by atoms with Gasteiger partial charge in [0.05, 0.1) is 17.1 Å². The molecule has 0 aromatic carbocycles. The number of hydrogen-bond acceptors (Lipinski definition) is 5. The van der Waals surface area contributed by atoms with Gasteiger partial charge in [0.25, 0.3) is 0 Å². The Hall–Kier alpha value is -1.68. The van der Waals surface area contributed by atoms with Crippen molar-refractivity contribution in [2.45, 2.75) is 32.9 Å². The predicted molar refractivity (Wildman–Crippen MR) is 94.7 cm³/mol. The van der Waals surface area contributed by atoms with Crippen LogP contribution < -0.4 is 5.32 Å². The molecule has 1 aromatic heterocycles. The third kappa shape index (κ3) is 4.67. The summed E-state index contributed by atoms with van der Waals surface area (Å²) in [6.07, 6.45) is 1.51. The topological polar surface area (TPSA) is 72.3 Å². The zero-order chi connectivity index (χ0) is 17.7. The van der Waals surface area contributed by atoms with E-state index in [1.807, 2.05) is 6.92 Å². The smallest absolute Gasteiger partial charge is 0.242 e. The molecule has 0 spiro atoms. The molecule has 130 valence electrons. The fourth-order valence-corrected chi connectivity index (χ4v) is 3.01. The fourth-order valence-electron chi connectivity index (χ4n) is 2.90. The van der Waals surface area contributed by atoms with Crippen LogP contribution in [0.3, 0.4) is 0 Å². The Morgan fingerprint density at radius 2 is 1.88 bits per heavy atom. The van der Waals surface area contributed by atoms with Crippen molar-refractivity contribution in [3.63, 3.8) is 0 Å². The average Bonchev–Trinajstić information content (AvgIpc) is 2.57. The van der Waals surface area contributed by atoms with Crippen LogP contribution in [-0.4, -0.2) is 59.0 Å². The van der Waals surface area contributed by atoms with Crippen LogP contribution >= 0.6 is 11.6 Å². The molecule has 1 aromatic rings. The van der Waals surface area contributed by atoms with Gasteiger partial charge in [0, 0.05) is 32.4 Å². The van der Waals surface area contributed by atoms with E-state index >= 15 is 0 Å². The molecule has 0 saturated carbocycles. The molecule has 0 bridgehead atoms. The molecule has 2 atom stereocenters. The summed E-state index contributed by atoms with van der Waals surface area (Å²) in [5.74, 6) is 0.719. The van der Waals surface area contributed by atoms with E-state index in [9.17, 15) is 10.1 Å². The highest BCUT2D eigenvalue weighted by Crippen LogP contribution is 2.16. The zero-order valence-electron chi connectivity index (χ0n) is 14.4. The van der Waals surface area contributed by atoms with Crippen LogP contribution in [0.5, 0.6) is 0 Å². The molecule has 1 aliphatic rings. The summed E-state index contributed by atoms with van der Waals surface area (Å²) in [6.45, 7) is 9.16. The van der Waals surface area contributed by atoms with Crippen molar-refractivity contribution in [1.82, 2.24) is 14.8 Å². The Balaban J connectivity index is 1.88. The Morgan fingerprint density at radius 1 is 1.25 bits per heavy atom. The highest BCUT2D eigenvalue weighted by molar-refractivity contribution is 6.30. The van der Waals surface area contributed by atoms with Crippen LogP contribution in [0.25, 0.3) is 0 Å². The standard InChI is InChI=1S/C17H24ClN5O/c1-12(2)15(10-19)23-8-6-22(7-9-23)13(3)17(24)21-16-5-4-14(18)11-20-16/h4-5,11-13,15H,6-9H2,1-3H3,(H,20,21,24)/t13-,15+/m1/s1. The number of amides is 1. The van der Waals surface area contributed by atoms with Crippen molar-refractivity contribution in [3.8, 4) is 6.07 Å². The molecular weight excluding hydrogens is 326 g/mol. The van der Waals surface area contributed by atoms with Gasteiger partial charge in [-0.3, -0.25) is 14.6 Å². The molecule has 7 heteroatoms. The van der Waals surface area contributed by atoms with Crippen LogP contribution in [0.2, 0.25) is 5.02 Å². The molecule has 0 unspecified atom stereocenters. The van der Waals surface area contributed by atoms with E-state index in [2.05, 4.69) is 40.0 Å². The number of pyridine rings is 1. The van der Waals surface area contributed by atoms with Crippen molar-refractivity contribution in [2.75, 3.05) is 31.5 Å². The van der Waals surface area contributed by atoms with Gasteiger partial charge in [0.2, 0.25) is 5.91 Å². The number of piperazine rings is 1. The number of carbonyl (C=O) groups excluding carboxylic acids is 1. The van der Waals surface area contributed by atoms with Gasteiger partial charge in [-0.2, -0.15) is 5.26 Å². The predicted octanol–water partition coefficient (Wildman–Crippen LogP) is 2.23. The van der Waals surface area contributed by atoms with Gasteiger partial charge in [0.1, 0.15) is 11.9 Å². The summed E-state index contributed by atoms with van der Waals surface area (Å²) >= 11 is 5.79. The molecule has 0 radical (unpaired) electrons. The number of hydrogen-bond donors (Lipinski definition) is 1. The lowest BCUT2D eigenvalue weighted by atomic mass is 10.0. The van der Waals surface area contributed by atoms with E-state index < -0.39 is 0 Å². The summed E-state index contributed by atoms with van der Waals surface area (Å²) < 4.78 is 0. The first-order chi connectivity index (χ1) is 11.4. The summed E-state index contributed by atoms with van der Waals surface area (Å²) in [6, 6.07) is 5.46. The lowest BCUT2D eigenvalue weighted by Crippen LogP contribution is -2.55. The molecule has 24 heavy (non-hydrogen) atoms. The van der Waals surface area contributed by atoms with Gasteiger partial charge in [-0.15, -0.1) is 0 Å². The molecule has 6 nitrogen and oxygen atoms in total. The van der Waals surface area contributed by atoms with Gasteiger partial charge in [-0.05, 0) is 25.0 Å². The SMILES string of the molecule is CC(C)[C@H](C#N)N1CCN([C@H](C)C(=O)Nc2ccc(Cl)cn2)CC1. The number of nitriles is 1. The number of nitrogens with one attached hydrogen (secondary N) is 1. The Morgan fingerprint density at radius 3 is 2.38 bits per heavy atom. The van der Waals surface area contributed by atoms with Crippen LogP contribution in [0.15, 0.2) is 18.3 Å². The largest absolute Gasteiger partial charge is 0.309 e. The number of anilines is 1. The summed E-state index contributed by atoms with van der Waals surface area (Å²) in [4.78, 5) is 20.8. The van der Waals surface area contributed by atoms with Gasteiger partial charge in [0.15, 0.2) is 0 Å². The van der Waals surface area contributed by atoms with E-state index in [1.165, 1.54) is 6.20 Å². The lowest BCUT2D eigenvalue weighted by Gasteiger charge is -2.40. The second-order valence-corrected chi connectivity index (χ2v) is 6.85. The Kier molecular flexibility index (Phi) is 6.55. The molecule has 1 amide bonds. The quantitative estimate of drug-likeness (QED) is 0.882. The summed E-state index contributed by atoms with van der Waals surface area (Å²) in [5, 5.41) is 12.7. The monoisotopic (exact) mass is 349 g/mol. The minimum absolute atomic E-state index is 0.0606. The van der Waals surface area contributed by atoms with E-state index in [1.54, 1.807) is 12.1 Å². The molecule has 1 aliphatic heterocycles. The summed E-state index contributed by atoms with van der Waals surface area (Å²) in [7, 11) is 0. The van der Waals surface area contributed by atoms with E-state index in [0.717, 1.165) is 26.2 Å². The molecule has 2 rings (SSSR count). The van der Waals surface area contributed by atoms with Crippen LogP contribution in [-0.2, 0) is 4.79 Å². The van der Waals surface area contributed by atoms with Crippen molar-refractivity contribution in [1.29, 1.82) is 5.26 Å². The first-order valence-corrected chi connectivity index (χ1v) is 8.60. The van der Waals surface area contributed by atoms with Gasteiger partial charge in [-0.25, -0.2) is 4.98 Å². The average molecular weight is 350 g/mol. The molecule has 1 saturated heterocycles. The number of halogens is 1. The van der Waals surface area contributed by atoms with Crippen LogP contribution in [0, 0.1) is 17.2 Å². The number of carbonyl (C=O) groups is 1. The maximum Gasteiger partial charge on any atom is 0.242 e. The van der Waals surface area contributed by atoms with Crippen molar-refractivity contribution >= 4 is 23.3 Å². The molecule has 0 aliphatic carbocycles. The fraction of sp³-hybridized carbons (Fsp3) is 0.588. The van der Waals surface area contributed by atoms with E-state index in [-0.39, 0.29) is 18.0 Å². The van der Waals surface area contributed by atoms with Crippen molar-refractivity contribution in [2.24, 2.45) is 5.92 Å². The van der Waals surface area contributed by atoms with Crippen LogP contribution in [0.1, 0.15) is 20.8 Å². The summed E-state index contributed by atoms with van der Waals surface area (Å²) in [5.41, 5.74) is 0. The minimum atomic E-state index is -0.246. The lowest BCUT2D eigenvalue weighted by molar-refractivity contribution is -0.121. The Bertz CT molecular complexity index is 590. The molecule has 2 heterocycles. The maximum absolute atomic E-state index is 12.4. The van der Waals surface area contributed by atoms with Crippen molar-refractivity contribution < 1.29 is 4.79 Å². The third-order valence-corrected chi connectivity index (χ3v) is 4.64. The van der Waals surface area contributed by atoms with Crippen molar-refractivity contribution in [3.05, 3.63) is 23.4 Å². The van der Waals surface area contributed by atoms with Gasteiger partial charge >= 0.3 is 0 Å². The molecular formula is C17H24ClN5O. The van der Waals surface area contributed by atoms with Crippen LogP contribution in [0.4, 0.5) is 5.82 Å². The minimum Gasteiger partial charge on any atom is -0.309 e. The van der Waals surface area contributed by atoms with Gasteiger partial charge in [-0.1, -0.05) is 25.4 Å². The second-order valence-electron chi connectivity index (χ2n) is 6.42. The third-order valence-electron chi connectivity index (χ3n) is 4.41. The zero-order valence-corrected chi connectivity index (χ0v) is 15.1. The number of aromatic nitrogens is 1. The second kappa shape index (κ2) is 8.43. The van der Waals surface area contributed by atoms with Gasteiger partial charge < -0.3 is 5.32 Å². The normalized spacial score (nSPS) is 18.8.